The van der Waals surface area contributed by atoms with Crippen LogP contribution in [0.1, 0.15) is 72.3 Å². The lowest BCUT2D eigenvalue weighted by atomic mass is 9.89. The number of imidazole rings is 1. The molecule has 1 atom stereocenters. The summed E-state index contributed by atoms with van der Waals surface area (Å²) in [5.41, 5.74) is 0.469. The van der Waals surface area contributed by atoms with E-state index in [1.54, 1.807) is 30.0 Å². The number of carboxylic acids is 1. The van der Waals surface area contributed by atoms with Crippen molar-refractivity contribution in [1.29, 1.82) is 0 Å². The van der Waals surface area contributed by atoms with Gasteiger partial charge in [0.05, 0.1) is 36.9 Å². The van der Waals surface area contributed by atoms with E-state index in [1.165, 1.54) is 43.5 Å². The largest absolute Gasteiger partial charge is 0.481 e. The summed E-state index contributed by atoms with van der Waals surface area (Å²) >= 11 is 0. The molecule has 0 bridgehead atoms. The number of nitrogens with zero attached hydrogens (tertiary/aromatic N) is 5. The number of pyridine rings is 1. The van der Waals surface area contributed by atoms with E-state index in [1.807, 2.05) is 13.1 Å². The lowest BCUT2D eigenvalue weighted by Crippen LogP contribution is -2.15. The minimum Gasteiger partial charge on any atom is -0.481 e. The molecule has 282 valence electrons. The van der Waals surface area contributed by atoms with Crippen LogP contribution >= 0.6 is 0 Å². The molecule has 0 amide bonds. The Bertz CT molecular complexity index is 1990. The van der Waals surface area contributed by atoms with Crippen molar-refractivity contribution in [2.75, 3.05) is 13.7 Å². The number of aromatic nitrogens is 6. The van der Waals surface area contributed by atoms with Crippen LogP contribution in [0.2, 0.25) is 0 Å². The van der Waals surface area contributed by atoms with Crippen LogP contribution in [0.3, 0.4) is 0 Å². The number of carbonyl (C=O) groups is 2. The van der Waals surface area contributed by atoms with Gasteiger partial charge in [0.15, 0.2) is 5.82 Å². The number of aliphatic carboxylic acids is 1. The number of aromatic amines is 1. The number of ether oxygens (including phenoxy) is 2. The molecule has 0 saturated heterocycles. The summed E-state index contributed by atoms with van der Waals surface area (Å²) in [6.45, 7) is 3.70. The second kappa shape index (κ2) is 17.7. The zero-order valence-corrected chi connectivity index (χ0v) is 28.8. The number of hydrogen-bond donors (Lipinski definition) is 2. The van der Waals surface area contributed by atoms with E-state index in [0.29, 0.717) is 17.3 Å². The minimum atomic E-state index is -4.59. The summed E-state index contributed by atoms with van der Waals surface area (Å²) in [6.07, 6.45) is -5.35. The molecule has 1 unspecified atom stereocenters. The van der Waals surface area contributed by atoms with Crippen molar-refractivity contribution in [3.63, 3.8) is 0 Å². The van der Waals surface area contributed by atoms with Crippen molar-refractivity contribution in [1.82, 2.24) is 29.7 Å². The van der Waals surface area contributed by atoms with Gasteiger partial charge >= 0.3 is 24.3 Å². The average molecular weight is 747 g/mol. The highest BCUT2D eigenvalue weighted by atomic mass is 19.4. The van der Waals surface area contributed by atoms with Crippen LogP contribution in [0.25, 0.3) is 17.2 Å². The van der Waals surface area contributed by atoms with Crippen LogP contribution < -0.4 is 4.74 Å². The van der Waals surface area contributed by atoms with E-state index < -0.39 is 41.3 Å². The summed E-state index contributed by atoms with van der Waals surface area (Å²) < 4.78 is 91.1. The molecule has 2 N–H and O–H groups in total. The predicted octanol–water partition coefficient (Wildman–Crippen LogP) is 7.98. The highest BCUT2D eigenvalue weighted by molar-refractivity contribution is 5.69. The standard InChI is InChI=1S/C25H25F3N6O3.C11H11F3O2/c1-4-37-21(35)12-9-17(16-7-5-6-8-18(16)25(26,27)28)22-31-23(33-32-22)19-10-11-20(24(30-19)36-3)34-13-15(2)29-14-34;12-11(13,14)9-6-2-1-4-8(9)5-3-7-10(15)16/h5-8,10-11,13-14,17H,4,9,12H2,1-3H3,(H,31,32,33);1-2,4,6H,3,5,7H2,(H,15,16). The molecule has 5 aromatic rings. The molecule has 0 aliphatic carbocycles. The van der Waals surface area contributed by atoms with Crippen molar-refractivity contribution >= 4 is 11.9 Å². The third-order valence-electron chi connectivity index (χ3n) is 7.83. The number of esters is 1. The second-order valence-corrected chi connectivity index (χ2v) is 11.6. The molecule has 5 rings (SSSR count). The van der Waals surface area contributed by atoms with Gasteiger partial charge in [0.1, 0.15) is 17.2 Å². The minimum absolute atomic E-state index is 0.0154. The van der Waals surface area contributed by atoms with Crippen molar-refractivity contribution in [2.45, 2.75) is 64.2 Å². The predicted molar refractivity (Wildman–Crippen MR) is 179 cm³/mol. The topological polar surface area (TPSA) is 145 Å². The molecule has 0 radical (unpaired) electrons. The normalized spacial score (nSPS) is 12.1. The fourth-order valence-corrected chi connectivity index (χ4v) is 5.44. The van der Waals surface area contributed by atoms with Crippen LogP contribution in [-0.2, 0) is 33.1 Å². The van der Waals surface area contributed by atoms with E-state index in [4.69, 9.17) is 14.6 Å². The van der Waals surface area contributed by atoms with Crippen LogP contribution in [0.15, 0.2) is 73.2 Å². The maximum absolute atomic E-state index is 13.8. The van der Waals surface area contributed by atoms with Crippen LogP contribution in [0.5, 0.6) is 5.88 Å². The number of halogens is 6. The SMILES string of the molecule is CCOC(=O)CCC(c1nc(-c2ccc(-n3cnc(C)c3)c(OC)n2)n[nH]1)c1ccccc1C(F)(F)F.O=C(O)CCCc1ccccc1C(F)(F)F. The van der Waals surface area contributed by atoms with Gasteiger partial charge in [-0.1, -0.05) is 36.4 Å². The second-order valence-electron chi connectivity index (χ2n) is 11.6. The van der Waals surface area contributed by atoms with E-state index >= 15 is 0 Å². The molecular formula is C36H36F6N6O5. The monoisotopic (exact) mass is 746 g/mol. The molecule has 0 aliphatic rings. The molecule has 0 aliphatic heterocycles. The molecule has 0 saturated carbocycles. The van der Waals surface area contributed by atoms with Gasteiger partial charge in [-0.15, -0.1) is 0 Å². The molecule has 3 heterocycles. The lowest BCUT2D eigenvalue weighted by Gasteiger charge is -2.19. The first-order chi connectivity index (χ1) is 25.1. The van der Waals surface area contributed by atoms with Crippen LogP contribution in [-0.4, -0.2) is 60.5 Å². The molecule has 53 heavy (non-hydrogen) atoms. The number of hydrogen-bond acceptors (Lipinski definition) is 8. The Balaban J connectivity index is 0.000000328. The van der Waals surface area contributed by atoms with Crippen molar-refractivity contribution in [3.8, 4) is 23.1 Å². The maximum atomic E-state index is 13.8. The molecular weight excluding hydrogens is 710 g/mol. The van der Waals surface area contributed by atoms with Gasteiger partial charge in [0.2, 0.25) is 5.88 Å². The maximum Gasteiger partial charge on any atom is 0.416 e. The van der Waals surface area contributed by atoms with Gasteiger partial charge in [-0.25, -0.2) is 15.0 Å². The third kappa shape index (κ3) is 10.9. The Morgan fingerprint density at radius 1 is 0.925 bits per heavy atom. The molecule has 2 aromatic carbocycles. The summed E-state index contributed by atoms with van der Waals surface area (Å²) in [5, 5.41) is 15.3. The number of aryl methyl sites for hydroxylation is 2. The Morgan fingerprint density at radius 3 is 2.23 bits per heavy atom. The number of H-pyrrole nitrogens is 1. The fourth-order valence-electron chi connectivity index (χ4n) is 5.44. The van der Waals surface area contributed by atoms with Gasteiger partial charge in [0, 0.05) is 25.0 Å². The number of rotatable bonds is 13. The first-order valence-corrected chi connectivity index (χ1v) is 16.3. The van der Waals surface area contributed by atoms with Crippen molar-refractivity contribution in [2.24, 2.45) is 0 Å². The fraction of sp³-hybridized carbons (Fsp3) is 0.333. The first-order valence-electron chi connectivity index (χ1n) is 16.3. The first kappa shape index (κ1) is 40.0. The van der Waals surface area contributed by atoms with Gasteiger partial charge < -0.3 is 19.1 Å². The van der Waals surface area contributed by atoms with Crippen molar-refractivity contribution in [3.05, 3.63) is 107 Å². The number of benzene rings is 2. The smallest absolute Gasteiger partial charge is 0.416 e. The van der Waals surface area contributed by atoms with E-state index in [0.717, 1.165) is 17.8 Å². The Hall–Kier alpha value is -5.74. The molecule has 0 fully saturated rings. The number of nitrogens with one attached hydrogen (secondary N) is 1. The van der Waals surface area contributed by atoms with E-state index in [9.17, 15) is 35.9 Å². The van der Waals surface area contributed by atoms with Crippen LogP contribution in [0.4, 0.5) is 26.3 Å². The molecule has 17 heteroatoms. The van der Waals surface area contributed by atoms with Gasteiger partial charge in [-0.2, -0.15) is 31.4 Å². The van der Waals surface area contributed by atoms with Crippen molar-refractivity contribution < 1.29 is 50.5 Å². The highest BCUT2D eigenvalue weighted by Crippen LogP contribution is 2.39. The average Bonchev–Trinajstić information content (AvgIpc) is 3.78. The Morgan fingerprint density at radius 2 is 1.60 bits per heavy atom. The number of alkyl halides is 6. The lowest BCUT2D eigenvalue weighted by molar-refractivity contribution is -0.143. The number of carbonyl (C=O) groups excluding carboxylic acids is 1. The van der Waals surface area contributed by atoms with E-state index in [-0.39, 0.29) is 61.5 Å². The Kier molecular flexibility index (Phi) is 13.3. The van der Waals surface area contributed by atoms with Gasteiger partial charge in [-0.05, 0) is 68.5 Å². The zero-order valence-electron chi connectivity index (χ0n) is 28.8. The number of methoxy groups -OCH3 is 1. The van der Waals surface area contributed by atoms with E-state index in [2.05, 4.69) is 25.1 Å². The summed E-state index contributed by atoms with van der Waals surface area (Å²) in [6, 6.07) is 13.9. The molecule has 3 aromatic heterocycles. The Labute approximate surface area is 300 Å². The molecule has 11 nitrogen and oxygen atoms in total. The zero-order chi connectivity index (χ0) is 38.8. The summed E-state index contributed by atoms with van der Waals surface area (Å²) in [5.74, 6) is -1.75. The quantitative estimate of drug-likeness (QED) is 0.0905. The highest BCUT2D eigenvalue weighted by Gasteiger charge is 2.36. The molecule has 0 spiro atoms. The van der Waals surface area contributed by atoms with Gasteiger partial charge in [-0.3, -0.25) is 14.7 Å². The number of carboxylic acid groups (broad SMARTS) is 1. The third-order valence-corrected chi connectivity index (χ3v) is 7.83. The summed E-state index contributed by atoms with van der Waals surface area (Å²) in [7, 11) is 1.47. The van der Waals surface area contributed by atoms with Crippen LogP contribution in [0, 0.1) is 6.92 Å². The summed E-state index contributed by atoms with van der Waals surface area (Å²) in [4.78, 5) is 35.4. The van der Waals surface area contributed by atoms with Gasteiger partial charge in [0.25, 0.3) is 0 Å².